The van der Waals surface area contributed by atoms with Gasteiger partial charge >= 0.3 is 0 Å². The van der Waals surface area contributed by atoms with E-state index in [2.05, 4.69) is 5.32 Å². The van der Waals surface area contributed by atoms with Crippen molar-refractivity contribution in [2.75, 3.05) is 7.11 Å². The molecule has 5 nitrogen and oxygen atoms in total. The van der Waals surface area contributed by atoms with Crippen LogP contribution in [0.15, 0.2) is 78.9 Å². The highest BCUT2D eigenvalue weighted by Gasteiger charge is 2.31. The van der Waals surface area contributed by atoms with Crippen LogP contribution in [0, 0.1) is 6.92 Å². The monoisotopic (exact) mass is 472 g/mol. The summed E-state index contributed by atoms with van der Waals surface area (Å²) in [6.45, 7) is 6.36. The van der Waals surface area contributed by atoms with Crippen LogP contribution in [0.25, 0.3) is 0 Å². The number of ether oxygens (including phenoxy) is 1. The minimum absolute atomic E-state index is 0.0200. The molecule has 0 heterocycles. The van der Waals surface area contributed by atoms with Gasteiger partial charge in [-0.25, -0.2) is 0 Å². The molecule has 0 bridgehead atoms. The van der Waals surface area contributed by atoms with Crippen LogP contribution in [0.1, 0.15) is 42.5 Å². The van der Waals surface area contributed by atoms with Gasteiger partial charge in [0.05, 0.1) is 13.5 Å². The SMILES string of the molecule is CC[C@H](C)NC(=O)[C@@H](Cc1ccccc1)N(Cc1cccc(OC)c1)C(=O)Cc1ccc(C)cc1. The van der Waals surface area contributed by atoms with Crippen molar-refractivity contribution in [3.63, 3.8) is 0 Å². The van der Waals surface area contributed by atoms with Crippen LogP contribution in [-0.2, 0) is 29.0 Å². The molecule has 0 aliphatic rings. The van der Waals surface area contributed by atoms with Gasteiger partial charge in [-0.1, -0.05) is 79.2 Å². The summed E-state index contributed by atoms with van der Waals surface area (Å²) in [5, 5.41) is 3.11. The molecule has 0 aliphatic carbocycles. The third-order valence-corrected chi connectivity index (χ3v) is 6.24. The minimum Gasteiger partial charge on any atom is -0.497 e. The van der Waals surface area contributed by atoms with Crippen molar-refractivity contribution < 1.29 is 14.3 Å². The molecule has 0 radical (unpaired) electrons. The zero-order valence-corrected chi connectivity index (χ0v) is 21.2. The first kappa shape index (κ1) is 26.0. The zero-order chi connectivity index (χ0) is 25.2. The Balaban J connectivity index is 1.97. The van der Waals surface area contributed by atoms with Gasteiger partial charge in [0.15, 0.2) is 0 Å². The summed E-state index contributed by atoms with van der Waals surface area (Å²) < 4.78 is 5.39. The molecule has 3 aromatic rings. The molecule has 3 aromatic carbocycles. The minimum atomic E-state index is -0.643. The maximum atomic E-state index is 13.8. The smallest absolute Gasteiger partial charge is 0.243 e. The highest BCUT2D eigenvalue weighted by molar-refractivity contribution is 5.89. The molecule has 0 saturated heterocycles. The van der Waals surface area contributed by atoms with Gasteiger partial charge in [-0.05, 0) is 49.1 Å². The molecule has 184 valence electrons. The Morgan fingerprint density at radius 1 is 0.914 bits per heavy atom. The normalized spacial score (nSPS) is 12.5. The number of carbonyl (C=O) groups excluding carboxylic acids is 2. The lowest BCUT2D eigenvalue weighted by atomic mass is 10.0. The van der Waals surface area contributed by atoms with Gasteiger partial charge in [-0.15, -0.1) is 0 Å². The van der Waals surface area contributed by atoms with Gasteiger partial charge in [0.1, 0.15) is 11.8 Å². The fourth-order valence-corrected chi connectivity index (χ4v) is 3.94. The first-order valence-corrected chi connectivity index (χ1v) is 12.2. The van der Waals surface area contributed by atoms with Crippen molar-refractivity contribution in [1.82, 2.24) is 10.2 Å². The largest absolute Gasteiger partial charge is 0.497 e. The van der Waals surface area contributed by atoms with Gasteiger partial charge in [-0.3, -0.25) is 9.59 Å². The Labute approximate surface area is 209 Å². The molecule has 1 N–H and O–H groups in total. The van der Waals surface area contributed by atoms with Crippen molar-refractivity contribution in [2.45, 2.75) is 58.7 Å². The average Bonchev–Trinajstić information content (AvgIpc) is 2.88. The van der Waals surface area contributed by atoms with Gasteiger partial charge < -0.3 is 15.0 Å². The van der Waals surface area contributed by atoms with Crippen molar-refractivity contribution in [2.24, 2.45) is 0 Å². The molecule has 0 saturated carbocycles. The van der Waals surface area contributed by atoms with E-state index in [1.807, 2.05) is 99.6 Å². The maximum absolute atomic E-state index is 13.8. The second-order valence-electron chi connectivity index (χ2n) is 9.06. The van der Waals surface area contributed by atoms with E-state index in [9.17, 15) is 9.59 Å². The van der Waals surface area contributed by atoms with Crippen LogP contribution in [0.4, 0.5) is 0 Å². The van der Waals surface area contributed by atoms with Gasteiger partial charge in [-0.2, -0.15) is 0 Å². The molecule has 3 rings (SSSR count). The summed E-state index contributed by atoms with van der Waals surface area (Å²) in [7, 11) is 1.62. The summed E-state index contributed by atoms with van der Waals surface area (Å²) >= 11 is 0. The van der Waals surface area contributed by atoms with Gasteiger partial charge in [0.25, 0.3) is 0 Å². The third-order valence-electron chi connectivity index (χ3n) is 6.24. The van der Waals surface area contributed by atoms with Crippen molar-refractivity contribution in [3.8, 4) is 5.75 Å². The molecular weight excluding hydrogens is 436 g/mol. The van der Waals surface area contributed by atoms with Gasteiger partial charge in [0, 0.05) is 19.0 Å². The predicted molar refractivity (Wildman–Crippen MR) is 140 cm³/mol. The van der Waals surface area contributed by atoms with Gasteiger partial charge in [0.2, 0.25) is 11.8 Å². The Kier molecular flexibility index (Phi) is 9.47. The number of amides is 2. The topological polar surface area (TPSA) is 58.6 Å². The number of benzene rings is 3. The fraction of sp³-hybridized carbons (Fsp3) is 0.333. The van der Waals surface area contributed by atoms with Crippen molar-refractivity contribution in [1.29, 1.82) is 0 Å². The summed E-state index contributed by atoms with van der Waals surface area (Å²) in [5.41, 5.74) is 3.99. The summed E-state index contributed by atoms with van der Waals surface area (Å²) in [5.74, 6) is 0.498. The lowest BCUT2D eigenvalue weighted by Crippen LogP contribution is -2.52. The van der Waals surface area contributed by atoms with E-state index in [-0.39, 0.29) is 24.3 Å². The number of nitrogens with zero attached hydrogens (tertiary/aromatic N) is 1. The highest BCUT2D eigenvalue weighted by Crippen LogP contribution is 2.20. The van der Waals surface area contributed by atoms with E-state index in [0.29, 0.717) is 13.0 Å². The number of carbonyl (C=O) groups is 2. The van der Waals surface area contributed by atoms with Crippen LogP contribution in [-0.4, -0.2) is 35.9 Å². The Bertz CT molecular complexity index is 1100. The first-order valence-electron chi connectivity index (χ1n) is 12.2. The average molecular weight is 473 g/mol. The predicted octanol–water partition coefficient (Wildman–Crippen LogP) is 5.10. The van der Waals surface area contributed by atoms with E-state index in [1.54, 1.807) is 12.0 Å². The zero-order valence-electron chi connectivity index (χ0n) is 21.2. The lowest BCUT2D eigenvalue weighted by Gasteiger charge is -2.32. The molecule has 0 fully saturated rings. The summed E-state index contributed by atoms with van der Waals surface area (Å²) in [4.78, 5) is 29.0. The summed E-state index contributed by atoms with van der Waals surface area (Å²) in [6.07, 6.45) is 1.48. The standard InChI is InChI=1S/C30H36N2O3/c1-5-23(3)31-30(34)28(19-24-10-7-6-8-11-24)32(21-26-12-9-13-27(18-26)35-4)29(33)20-25-16-14-22(2)15-17-25/h6-18,23,28H,5,19-21H2,1-4H3,(H,31,34)/t23-,28+/m0/s1. The van der Waals surface area contributed by atoms with Crippen LogP contribution >= 0.6 is 0 Å². The van der Waals surface area contributed by atoms with Crippen LogP contribution < -0.4 is 10.1 Å². The number of hydrogen-bond acceptors (Lipinski definition) is 3. The number of methoxy groups -OCH3 is 1. The van der Waals surface area contributed by atoms with E-state index in [4.69, 9.17) is 4.74 Å². The Morgan fingerprint density at radius 2 is 1.60 bits per heavy atom. The number of rotatable bonds is 11. The second kappa shape index (κ2) is 12.7. The van der Waals surface area contributed by atoms with Crippen LogP contribution in [0.3, 0.4) is 0 Å². The second-order valence-corrected chi connectivity index (χ2v) is 9.06. The molecule has 0 unspecified atom stereocenters. The fourth-order valence-electron chi connectivity index (χ4n) is 3.94. The lowest BCUT2D eigenvalue weighted by molar-refractivity contribution is -0.141. The Morgan fingerprint density at radius 3 is 2.26 bits per heavy atom. The molecule has 2 amide bonds. The number of aryl methyl sites for hydroxylation is 1. The molecule has 35 heavy (non-hydrogen) atoms. The summed E-state index contributed by atoms with van der Waals surface area (Å²) in [6, 6.07) is 24.9. The van der Waals surface area contributed by atoms with E-state index in [0.717, 1.165) is 34.4 Å². The van der Waals surface area contributed by atoms with Crippen LogP contribution in [0.2, 0.25) is 0 Å². The van der Waals surface area contributed by atoms with E-state index in [1.165, 1.54) is 0 Å². The van der Waals surface area contributed by atoms with Crippen molar-refractivity contribution in [3.05, 3.63) is 101 Å². The number of hydrogen-bond donors (Lipinski definition) is 1. The molecule has 2 atom stereocenters. The van der Waals surface area contributed by atoms with E-state index >= 15 is 0 Å². The molecule has 0 aromatic heterocycles. The molecule has 0 aliphatic heterocycles. The Hall–Kier alpha value is -3.60. The van der Waals surface area contributed by atoms with Crippen molar-refractivity contribution >= 4 is 11.8 Å². The quantitative estimate of drug-likeness (QED) is 0.422. The molecular formula is C30H36N2O3. The number of nitrogens with one attached hydrogen (secondary N) is 1. The first-order chi connectivity index (χ1) is 16.9. The molecule has 0 spiro atoms. The van der Waals surface area contributed by atoms with Crippen LogP contribution in [0.5, 0.6) is 5.75 Å². The van der Waals surface area contributed by atoms with E-state index < -0.39 is 6.04 Å². The molecule has 5 heteroatoms. The third kappa shape index (κ3) is 7.71. The highest BCUT2D eigenvalue weighted by atomic mass is 16.5. The maximum Gasteiger partial charge on any atom is 0.243 e.